The molecule has 0 rings (SSSR count). The summed E-state index contributed by atoms with van der Waals surface area (Å²) in [5.74, 6) is 0.833. The van der Waals surface area contributed by atoms with Gasteiger partial charge in [-0.05, 0) is 12.8 Å². The third-order valence-corrected chi connectivity index (χ3v) is 0.329. The highest BCUT2D eigenvalue weighted by Gasteiger charge is 1.68. The quantitative estimate of drug-likeness (QED) is 0.401. The maximum atomic E-state index is 3.46. The molecule has 0 aromatic heterocycles. The van der Waals surface area contributed by atoms with Gasteiger partial charge in [-0.25, -0.2) is 0 Å². The van der Waals surface area contributed by atoms with Crippen LogP contribution in [0.3, 0.4) is 0 Å². The fourth-order valence-corrected chi connectivity index (χ4v) is 0.136. The van der Waals surface area contributed by atoms with Crippen molar-refractivity contribution in [3.63, 3.8) is 0 Å². The van der Waals surface area contributed by atoms with E-state index in [1.54, 1.807) is 6.08 Å². The molecule has 0 unspecified atom stereocenters. The Morgan fingerprint density at radius 1 is 1.17 bits per heavy atom. The summed E-state index contributed by atoms with van der Waals surface area (Å²) < 4.78 is 0. The average molecular weight is 166 g/mol. The molecule has 70 valence electrons. The van der Waals surface area contributed by atoms with Gasteiger partial charge in [0.25, 0.3) is 0 Å². The molecule has 0 aliphatic rings. The second-order valence-corrected chi connectivity index (χ2v) is 2.74. The predicted molar refractivity (Wildman–Crippen MR) is 60.3 cm³/mol. The molecule has 0 bridgehead atoms. The van der Waals surface area contributed by atoms with Crippen molar-refractivity contribution in [2.45, 2.75) is 27.7 Å². The summed E-state index contributed by atoms with van der Waals surface area (Å²) in [5.41, 5.74) is 2.25. The van der Waals surface area contributed by atoms with E-state index in [0.717, 1.165) is 5.92 Å². The van der Waals surface area contributed by atoms with E-state index in [9.17, 15) is 0 Å². The van der Waals surface area contributed by atoms with Crippen molar-refractivity contribution in [2.24, 2.45) is 5.92 Å². The third kappa shape index (κ3) is 576. The van der Waals surface area contributed by atoms with Gasteiger partial charge < -0.3 is 0 Å². The van der Waals surface area contributed by atoms with Crippen molar-refractivity contribution in [3.05, 3.63) is 43.7 Å². The van der Waals surface area contributed by atoms with E-state index in [4.69, 9.17) is 0 Å². The van der Waals surface area contributed by atoms with E-state index in [1.165, 1.54) is 0 Å². The molecule has 0 amide bonds. The molecule has 0 aliphatic heterocycles. The second-order valence-electron chi connectivity index (χ2n) is 2.74. The van der Waals surface area contributed by atoms with Gasteiger partial charge in [-0.2, -0.15) is 0 Å². The summed E-state index contributed by atoms with van der Waals surface area (Å²) in [6.07, 6.45) is 5.58. The lowest BCUT2D eigenvalue weighted by Gasteiger charge is -1.79. The van der Waals surface area contributed by atoms with Crippen LogP contribution in [0.1, 0.15) is 27.7 Å². The first-order valence-corrected chi connectivity index (χ1v) is 4.09. The van der Waals surface area contributed by atoms with Gasteiger partial charge in [-0.3, -0.25) is 0 Å². The monoisotopic (exact) mass is 166 g/mol. The SMILES string of the molecule is C=C=C.C=CC=CC.CC(C)C. The van der Waals surface area contributed by atoms with E-state index in [-0.39, 0.29) is 0 Å². The number of rotatable bonds is 1. The standard InChI is InChI=1S/C5H8.C4H10.C3H4/c1-3-5-4-2;1-4(2)3;1-3-2/h3-5H,1H2,2H3;4H,1-3H3;1-2H2. The molecule has 0 aromatic carbocycles. The minimum absolute atomic E-state index is 0.833. The Hall–Kier alpha value is -1.00. The number of hydrogen-bond donors (Lipinski definition) is 0. The Balaban J connectivity index is -0.000000105. The molecule has 0 spiro atoms. The fourth-order valence-electron chi connectivity index (χ4n) is 0.136. The van der Waals surface area contributed by atoms with Gasteiger partial charge in [0.1, 0.15) is 0 Å². The van der Waals surface area contributed by atoms with E-state index >= 15 is 0 Å². The molecule has 0 fully saturated rings. The van der Waals surface area contributed by atoms with Gasteiger partial charge >= 0.3 is 0 Å². The first kappa shape index (κ1) is 17.2. The van der Waals surface area contributed by atoms with Crippen molar-refractivity contribution in [2.75, 3.05) is 0 Å². The van der Waals surface area contributed by atoms with Crippen molar-refractivity contribution < 1.29 is 0 Å². The van der Waals surface area contributed by atoms with Gasteiger partial charge in [0.15, 0.2) is 0 Å². The Labute approximate surface area is 78.0 Å². The molecule has 0 saturated carbocycles. The number of hydrogen-bond acceptors (Lipinski definition) is 0. The molecule has 0 heteroatoms. The maximum absolute atomic E-state index is 3.46. The first-order chi connectivity index (χ1) is 5.56. The maximum Gasteiger partial charge on any atom is -0.0467 e. The molecular formula is C12H22. The summed E-state index contributed by atoms with van der Waals surface area (Å²) in [4.78, 5) is 0. The lowest BCUT2D eigenvalue weighted by molar-refractivity contribution is 0.737. The molecule has 0 heterocycles. The van der Waals surface area contributed by atoms with Gasteiger partial charge in [-0.1, -0.05) is 58.7 Å². The zero-order valence-electron chi connectivity index (χ0n) is 8.93. The second kappa shape index (κ2) is 22.5. The van der Waals surface area contributed by atoms with E-state index in [0.29, 0.717) is 0 Å². The van der Waals surface area contributed by atoms with Crippen molar-refractivity contribution >= 4 is 0 Å². The largest absolute Gasteiger partial charge is 0.137 e. The normalized spacial score (nSPS) is 7.42. The van der Waals surface area contributed by atoms with Gasteiger partial charge in [0, 0.05) is 0 Å². The average Bonchev–Trinajstić information content (AvgIpc) is 1.89. The van der Waals surface area contributed by atoms with Crippen LogP contribution in [0.5, 0.6) is 0 Å². The minimum atomic E-state index is 0.833. The highest BCUT2D eigenvalue weighted by Crippen LogP contribution is 1.81. The number of allylic oxidation sites excluding steroid dienone is 3. The molecule has 12 heavy (non-hydrogen) atoms. The van der Waals surface area contributed by atoms with Crippen LogP contribution in [-0.4, -0.2) is 0 Å². The van der Waals surface area contributed by atoms with E-state index < -0.39 is 0 Å². The Kier molecular flexibility index (Phi) is 32.2. The highest BCUT2D eigenvalue weighted by atomic mass is 13.7. The molecular weight excluding hydrogens is 144 g/mol. The van der Waals surface area contributed by atoms with Gasteiger partial charge in [0.05, 0.1) is 0 Å². The topological polar surface area (TPSA) is 0 Å². The predicted octanol–water partition coefficient (Wildman–Crippen LogP) is 4.37. The molecule has 0 nitrogen and oxygen atoms in total. The van der Waals surface area contributed by atoms with Crippen LogP contribution in [0.2, 0.25) is 0 Å². The smallest absolute Gasteiger partial charge is 0.0467 e. The lowest BCUT2D eigenvalue weighted by Crippen LogP contribution is -1.66. The van der Waals surface area contributed by atoms with Crippen LogP contribution in [0, 0.1) is 5.92 Å². The fraction of sp³-hybridized carbons (Fsp3) is 0.417. The van der Waals surface area contributed by atoms with Crippen LogP contribution in [0.25, 0.3) is 0 Å². The van der Waals surface area contributed by atoms with Gasteiger partial charge in [0.2, 0.25) is 0 Å². The molecule has 0 saturated heterocycles. The third-order valence-electron chi connectivity index (χ3n) is 0.329. The van der Waals surface area contributed by atoms with Crippen molar-refractivity contribution in [1.82, 2.24) is 0 Å². The lowest BCUT2D eigenvalue weighted by atomic mass is 10.3. The van der Waals surface area contributed by atoms with Crippen LogP contribution in [0.4, 0.5) is 0 Å². The van der Waals surface area contributed by atoms with Crippen LogP contribution < -0.4 is 0 Å². The Morgan fingerprint density at radius 3 is 1.42 bits per heavy atom. The van der Waals surface area contributed by atoms with Crippen LogP contribution >= 0.6 is 0 Å². The summed E-state index contributed by atoms with van der Waals surface area (Å²) in [6, 6.07) is 0. The first-order valence-electron chi connectivity index (χ1n) is 4.09. The Bertz CT molecular complexity index is 118. The van der Waals surface area contributed by atoms with Crippen LogP contribution in [0.15, 0.2) is 43.7 Å². The highest BCUT2D eigenvalue weighted by molar-refractivity contribution is 4.94. The molecule has 0 aromatic rings. The van der Waals surface area contributed by atoms with E-state index in [1.807, 2.05) is 19.1 Å². The molecule has 0 N–H and O–H groups in total. The van der Waals surface area contributed by atoms with Gasteiger partial charge in [-0.15, -0.1) is 5.73 Å². The zero-order chi connectivity index (χ0) is 10.4. The van der Waals surface area contributed by atoms with Crippen molar-refractivity contribution in [3.8, 4) is 0 Å². The zero-order valence-corrected chi connectivity index (χ0v) is 8.93. The molecule has 0 aliphatic carbocycles. The molecule has 0 atom stereocenters. The molecule has 0 radical (unpaired) electrons. The van der Waals surface area contributed by atoms with Crippen LogP contribution in [-0.2, 0) is 0 Å². The summed E-state index contributed by atoms with van der Waals surface area (Å²) >= 11 is 0. The Morgan fingerprint density at radius 2 is 1.42 bits per heavy atom. The minimum Gasteiger partial charge on any atom is -0.137 e. The summed E-state index contributed by atoms with van der Waals surface area (Å²) in [7, 11) is 0. The summed E-state index contributed by atoms with van der Waals surface area (Å²) in [6.45, 7) is 18.2. The van der Waals surface area contributed by atoms with Crippen molar-refractivity contribution in [1.29, 1.82) is 0 Å². The summed E-state index contributed by atoms with van der Waals surface area (Å²) in [5, 5.41) is 0. The van der Waals surface area contributed by atoms with E-state index in [2.05, 4.69) is 46.2 Å².